The largest absolute Gasteiger partial charge is 0.444 e. The first-order valence-corrected chi connectivity index (χ1v) is 7.83. The highest BCUT2D eigenvalue weighted by molar-refractivity contribution is 6.20. The van der Waals surface area contributed by atoms with Crippen molar-refractivity contribution in [3.05, 3.63) is 35.4 Å². The van der Waals surface area contributed by atoms with Crippen LogP contribution in [0, 0.1) is 0 Å². The average molecular weight is 364 g/mol. The predicted octanol–water partition coefficient (Wildman–Crippen LogP) is 1.28. The molecule has 1 atom stereocenters. The standard InChI is InChI=1S/C17H20N2O7/c1-17(2,3)25-16(23)18-9-12(24-4)15(22)26-19-13(20)10-7-5-6-8-11(10)14(19)21/h5-8,12H,9H2,1-4H3,(H,18,23)/t12-/m0/s1. The molecule has 9 heteroatoms. The van der Waals surface area contributed by atoms with Gasteiger partial charge in [-0.15, -0.1) is 0 Å². The molecule has 0 bridgehead atoms. The molecule has 26 heavy (non-hydrogen) atoms. The topological polar surface area (TPSA) is 111 Å². The van der Waals surface area contributed by atoms with Crippen molar-refractivity contribution in [3.8, 4) is 0 Å². The van der Waals surface area contributed by atoms with Gasteiger partial charge < -0.3 is 19.6 Å². The summed E-state index contributed by atoms with van der Waals surface area (Å²) in [5.74, 6) is -2.49. The molecule has 1 aliphatic heterocycles. The Labute approximate surface area is 150 Å². The Balaban J connectivity index is 1.97. The lowest BCUT2D eigenvalue weighted by Crippen LogP contribution is -2.44. The summed E-state index contributed by atoms with van der Waals surface area (Å²) in [6.07, 6.45) is -1.97. The number of fused-ring (bicyclic) bond motifs is 1. The second-order valence-corrected chi connectivity index (χ2v) is 6.47. The van der Waals surface area contributed by atoms with Crippen molar-refractivity contribution in [1.82, 2.24) is 10.4 Å². The van der Waals surface area contributed by atoms with Crippen molar-refractivity contribution in [2.45, 2.75) is 32.5 Å². The van der Waals surface area contributed by atoms with Gasteiger partial charge in [-0.1, -0.05) is 17.2 Å². The molecule has 1 aromatic rings. The molecule has 0 spiro atoms. The Morgan fingerprint density at radius 2 is 1.65 bits per heavy atom. The molecule has 3 amide bonds. The van der Waals surface area contributed by atoms with Gasteiger partial charge in [0.05, 0.1) is 17.7 Å². The summed E-state index contributed by atoms with van der Waals surface area (Å²) in [6.45, 7) is 4.82. The van der Waals surface area contributed by atoms with E-state index in [1.165, 1.54) is 19.2 Å². The van der Waals surface area contributed by atoms with Gasteiger partial charge in [0, 0.05) is 7.11 Å². The van der Waals surface area contributed by atoms with E-state index in [1.54, 1.807) is 32.9 Å². The van der Waals surface area contributed by atoms with E-state index >= 15 is 0 Å². The summed E-state index contributed by atoms with van der Waals surface area (Å²) in [4.78, 5) is 53.1. The average Bonchev–Trinajstić information content (AvgIpc) is 2.79. The van der Waals surface area contributed by atoms with Crippen LogP contribution in [0.4, 0.5) is 4.79 Å². The number of amides is 3. The number of benzene rings is 1. The molecule has 0 saturated heterocycles. The van der Waals surface area contributed by atoms with Crippen LogP contribution >= 0.6 is 0 Å². The fourth-order valence-electron chi connectivity index (χ4n) is 2.15. The number of nitrogens with zero attached hydrogens (tertiary/aromatic N) is 1. The second kappa shape index (κ2) is 7.52. The van der Waals surface area contributed by atoms with Gasteiger partial charge in [0.2, 0.25) is 0 Å². The summed E-state index contributed by atoms with van der Waals surface area (Å²) in [5.41, 5.74) is -0.412. The summed E-state index contributed by atoms with van der Waals surface area (Å²) in [5, 5.41) is 2.74. The smallest absolute Gasteiger partial charge is 0.407 e. The fourth-order valence-corrected chi connectivity index (χ4v) is 2.15. The van der Waals surface area contributed by atoms with Crippen LogP contribution in [0.5, 0.6) is 0 Å². The number of ether oxygens (including phenoxy) is 2. The fraction of sp³-hybridized carbons (Fsp3) is 0.412. The van der Waals surface area contributed by atoms with Gasteiger partial charge in [-0.3, -0.25) is 9.59 Å². The van der Waals surface area contributed by atoms with Gasteiger partial charge in [0.1, 0.15) is 5.60 Å². The van der Waals surface area contributed by atoms with Crippen LogP contribution in [-0.4, -0.2) is 54.3 Å². The Kier molecular flexibility index (Phi) is 5.61. The molecular weight excluding hydrogens is 344 g/mol. The SMILES string of the molecule is CO[C@@H](CNC(=O)OC(C)(C)C)C(=O)ON1C(=O)c2ccccc2C1=O. The minimum Gasteiger partial charge on any atom is -0.444 e. The van der Waals surface area contributed by atoms with Crippen molar-refractivity contribution >= 4 is 23.9 Å². The van der Waals surface area contributed by atoms with E-state index in [9.17, 15) is 19.2 Å². The number of rotatable bonds is 5. The van der Waals surface area contributed by atoms with E-state index in [0.717, 1.165) is 0 Å². The van der Waals surface area contributed by atoms with Crippen LogP contribution < -0.4 is 5.32 Å². The van der Waals surface area contributed by atoms with E-state index in [1.807, 2.05) is 0 Å². The number of carbonyl (C=O) groups excluding carboxylic acids is 4. The molecule has 0 saturated carbocycles. The Hall–Kier alpha value is -2.94. The Morgan fingerprint density at radius 3 is 2.12 bits per heavy atom. The molecule has 2 rings (SSSR count). The van der Waals surface area contributed by atoms with E-state index in [2.05, 4.69) is 5.32 Å². The van der Waals surface area contributed by atoms with Crippen molar-refractivity contribution in [3.63, 3.8) is 0 Å². The van der Waals surface area contributed by atoms with E-state index in [-0.39, 0.29) is 17.7 Å². The van der Waals surface area contributed by atoms with Gasteiger partial charge >= 0.3 is 12.1 Å². The maximum Gasteiger partial charge on any atom is 0.407 e. The molecule has 0 aliphatic carbocycles. The van der Waals surface area contributed by atoms with Crippen molar-refractivity contribution in [1.29, 1.82) is 0 Å². The molecule has 0 radical (unpaired) electrons. The molecule has 1 aromatic carbocycles. The van der Waals surface area contributed by atoms with E-state index < -0.39 is 35.6 Å². The molecule has 0 fully saturated rings. The third kappa shape index (κ3) is 4.37. The zero-order valence-electron chi connectivity index (χ0n) is 14.9. The van der Waals surface area contributed by atoms with Gasteiger partial charge in [0.15, 0.2) is 6.10 Å². The zero-order chi connectivity index (χ0) is 19.5. The number of hydrogen-bond donors (Lipinski definition) is 1. The van der Waals surface area contributed by atoms with Crippen LogP contribution in [0.1, 0.15) is 41.5 Å². The monoisotopic (exact) mass is 364 g/mol. The second-order valence-electron chi connectivity index (χ2n) is 6.47. The van der Waals surface area contributed by atoms with Gasteiger partial charge in [-0.05, 0) is 32.9 Å². The highest BCUT2D eigenvalue weighted by Crippen LogP contribution is 2.22. The quantitative estimate of drug-likeness (QED) is 0.783. The maximum absolute atomic E-state index is 12.2. The molecule has 9 nitrogen and oxygen atoms in total. The number of hydroxylamine groups is 2. The molecule has 1 heterocycles. The van der Waals surface area contributed by atoms with Crippen LogP contribution in [0.2, 0.25) is 0 Å². The number of methoxy groups -OCH3 is 1. The molecular formula is C17H20N2O7. The predicted molar refractivity (Wildman–Crippen MR) is 88.1 cm³/mol. The molecule has 140 valence electrons. The van der Waals surface area contributed by atoms with Crippen molar-refractivity contribution in [2.75, 3.05) is 13.7 Å². The highest BCUT2D eigenvalue weighted by atomic mass is 16.7. The van der Waals surface area contributed by atoms with E-state index in [0.29, 0.717) is 5.06 Å². The van der Waals surface area contributed by atoms with Crippen LogP contribution in [0.15, 0.2) is 24.3 Å². The minimum absolute atomic E-state index is 0.145. The maximum atomic E-state index is 12.2. The molecule has 0 aromatic heterocycles. The lowest BCUT2D eigenvalue weighted by Gasteiger charge is -2.21. The summed E-state index contributed by atoms with van der Waals surface area (Å²) in [7, 11) is 1.23. The molecule has 0 unspecified atom stereocenters. The summed E-state index contributed by atoms with van der Waals surface area (Å²) in [6, 6.07) is 6.11. The number of alkyl carbamates (subject to hydrolysis) is 1. The first-order chi connectivity index (χ1) is 12.1. The third-order valence-electron chi connectivity index (χ3n) is 3.32. The zero-order valence-corrected chi connectivity index (χ0v) is 14.9. The number of hydrogen-bond acceptors (Lipinski definition) is 7. The van der Waals surface area contributed by atoms with Gasteiger partial charge in [0.25, 0.3) is 11.8 Å². The van der Waals surface area contributed by atoms with Crippen LogP contribution in [0.25, 0.3) is 0 Å². The Morgan fingerprint density at radius 1 is 1.12 bits per heavy atom. The Bertz CT molecular complexity index is 704. The number of carbonyl (C=O) groups is 4. The minimum atomic E-state index is -1.23. The first kappa shape index (κ1) is 19.4. The lowest BCUT2D eigenvalue weighted by atomic mass is 10.1. The van der Waals surface area contributed by atoms with Gasteiger partial charge in [-0.25, -0.2) is 9.59 Å². The lowest BCUT2D eigenvalue weighted by molar-refractivity contribution is -0.179. The first-order valence-electron chi connectivity index (χ1n) is 7.83. The van der Waals surface area contributed by atoms with Crippen LogP contribution in [0.3, 0.4) is 0 Å². The molecule has 1 aliphatic rings. The third-order valence-corrected chi connectivity index (χ3v) is 3.32. The van der Waals surface area contributed by atoms with Crippen LogP contribution in [-0.2, 0) is 19.1 Å². The number of imide groups is 1. The normalized spacial score (nSPS) is 14.7. The summed E-state index contributed by atoms with van der Waals surface area (Å²) >= 11 is 0. The number of nitrogens with one attached hydrogen (secondary N) is 1. The highest BCUT2D eigenvalue weighted by Gasteiger charge is 2.39. The summed E-state index contributed by atoms with van der Waals surface area (Å²) < 4.78 is 10.0. The van der Waals surface area contributed by atoms with Gasteiger partial charge in [-0.2, -0.15) is 0 Å². The van der Waals surface area contributed by atoms with Crippen molar-refractivity contribution < 1.29 is 33.5 Å². The van der Waals surface area contributed by atoms with E-state index in [4.69, 9.17) is 14.3 Å². The molecule has 1 N–H and O–H groups in total. The van der Waals surface area contributed by atoms with Crippen molar-refractivity contribution in [2.24, 2.45) is 0 Å².